The summed E-state index contributed by atoms with van der Waals surface area (Å²) in [5.74, 6) is 0.237. The van der Waals surface area contributed by atoms with E-state index in [2.05, 4.69) is 40.5 Å². The van der Waals surface area contributed by atoms with E-state index in [-0.39, 0.29) is 11.9 Å². The maximum absolute atomic E-state index is 12.7. The predicted octanol–water partition coefficient (Wildman–Crippen LogP) is 3.23. The van der Waals surface area contributed by atoms with E-state index in [9.17, 15) is 9.59 Å². The van der Waals surface area contributed by atoms with Gasteiger partial charge < -0.3 is 15.1 Å². The Hall–Kier alpha value is -2.86. The van der Waals surface area contributed by atoms with E-state index in [1.165, 1.54) is 5.56 Å². The van der Waals surface area contributed by atoms with Crippen LogP contribution in [0.15, 0.2) is 54.6 Å². The van der Waals surface area contributed by atoms with E-state index in [0.717, 1.165) is 63.2 Å². The third-order valence-corrected chi connectivity index (χ3v) is 6.10. The zero-order chi connectivity index (χ0) is 21.5. The van der Waals surface area contributed by atoms with Crippen molar-refractivity contribution in [2.75, 3.05) is 32.7 Å². The molecule has 164 valence electrons. The number of hydrogen-bond acceptors (Lipinski definition) is 3. The molecule has 1 N–H and O–H groups in total. The molecule has 2 saturated heterocycles. The lowest BCUT2D eigenvalue weighted by molar-refractivity contribution is -0.128. The Kier molecular flexibility index (Phi) is 7.20. The Balaban J connectivity index is 1.25. The van der Waals surface area contributed by atoms with E-state index in [0.29, 0.717) is 19.5 Å². The van der Waals surface area contributed by atoms with Crippen molar-refractivity contribution in [3.63, 3.8) is 0 Å². The average Bonchev–Trinajstić information content (AvgIpc) is 3.04. The standard InChI is InChI=1S/C25H32N4O2/c30-24-11-5-13-29(24)20-23-10-4-9-22(17-23)18-26-25(31)28-14-6-12-27(15-16-28)19-21-7-2-1-3-8-21/h1-4,7-10,17H,5-6,11-16,18-20H2,(H,26,31). The smallest absolute Gasteiger partial charge is 0.317 e. The van der Waals surface area contributed by atoms with Gasteiger partial charge in [0.2, 0.25) is 5.91 Å². The summed E-state index contributed by atoms with van der Waals surface area (Å²) >= 11 is 0. The molecule has 31 heavy (non-hydrogen) atoms. The Morgan fingerprint density at radius 3 is 2.42 bits per heavy atom. The van der Waals surface area contributed by atoms with E-state index in [1.54, 1.807) is 0 Å². The zero-order valence-corrected chi connectivity index (χ0v) is 18.1. The van der Waals surface area contributed by atoms with Gasteiger partial charge in [-0.2, -0.15) is 0 Å². The summed E-state index contributed by atoms with van der Waals surface area (Å²) in [6, 6.07) is 18.7. The molecular formula is C25H32N4O2. The number of benzene rings is 2. The number of nitrogens with one attached hydrogen (secondary N) is 1. The second-order valence-corrected chi connectivity index (χ2v) is 8.50. The molecule has 2 aliphatic heterocycles. The number of urea groups is 1. The Morgan fingerprint density at radius 2 is 1.61 bits per heavy atom. The third-order valence-electron chi connectivity index (χ3n) is 6.10. The molecule has 0 unspecified atom stereocenters. The van der Waals surface area contributed by atoms with Gasteiger partial charge in [0.1, 0.15) is 0 Å². The van der Waals surface area contributed by atoms with Gasteiger partial charge in [0.05, 0.1) is 0 Å². The minimum Gasteiger partial charge on any atom is -0.338 e. The third kappa shape index (κ3) is 6.07. The molecule has 2 aromatic rings. The van der Waals surface area contributed by atoms with Crippen LogP contribution in [-0.2, 0) is 24.4 Å². The summed E-state index contributed by atoms with van der Waals surface area (Å²) < 4.78 is 0. The highest BCUT2D eigenvalue weighted by Gasteiger charge is 2.21. The normalized spacial score (nSPS) is 17.6. The van der Waals surface area contributed by atoms with E-state index in [4.69, 9.17) is 0 Å². The average molecular weight is 421 g/mol. The number of carbonyl (C=O) groups excluding carboxylic acids is 2. The highest BCUT2D eigenvalue weighted by molar-refractivity contribution is 5.78. The molecule has 0 atom stereocenters. The summed E-state index contributed by atoms with van der Waals surface area (Å²) in [6.45, 7) is 6.37. The molecule has 2 heterocycles. The van der Waals surface area contributed by atoms with Crippen molar-refractivity contribution in [3.05, 3.63) is 71.3 Å². The lowest BCUT2D eigenvalue weighted by atomic mass is 10.1. The van der Waals surface area contributed by atoms with Crippen LogP contribution in [0.5, 0.6) is 0 Å². The van der Waals surface area contributed by atoms with Crippen LogP contribution >= 0.6 is 0 Å². The molecular weight excluding hydrogens is 388 g/mol. The second-order valence-electron chi connectivity index (χ2n) is 8.50. The summed E-state index contributed by atoms with van der Waals surface area (Å²) in [7, 11) is 0. The van der Waals surface area contributed by atoms with Gasteiger partial charge in [-0.25, -0.2) is 4.79 Å². The number of hydrogen-bond donors (Lipinski definition) is 1. The van der Waals surface area contributed by atoms with Gasteiger partial charge in [-0.15, -0.1) is 0 Å². The van der Waals surface area contributed by atoms with Crippen LogP contribution in [0.25, 0.3) is 0 Å². The highest BCUT2D eigenvalue weighted by Crippen LogP contribution is 2.15. The van der Waals surface area contributed by atoms with Crippen molar-refractivity contribution < 1.29 is 9.59 Å². The SMILES string of the molecule is O=C1CCCN1Cc1cccc(CNC(=O)N2CCCN(Cc3ccccc3)CC2)c1. The molecule has 4 rings (SSSR count). The second kappa shape index (κ2) is 10.4. The van der Waals surface area contributed by atoms with Crippen molar-refractivity contribution >= 4 is 11.9 Å². The molecule has 0 bridgehead atoms. The van der Waals surface area contributed by atoms with Gasteiger partial charge in [-0.05, 0) is 29.5 Å². The molecule has 3 amide bonds. The first-order valence-corrected chi connectivity index (χ1v) is 11.3. The van der Waals surface area contributed by atoms with Gasteiger partial charge in [0.15, 0.2) is 0 Å². The maximum Gasteiger partial charge on any atom is 0.317 e. The minimum absolute atomic E-state index is 0.00156. The number of rotatable bonds is 6. The summed E-state index contributed by atoms with van der Waals surface area (Å²) in [6.07, 6.45) is 2.60. The predicted molar refractivity (Wildman–Crippen MR) is 121 cm³/mol. The fourth-order valence-corrected chi connectivity index (χ4v) is 4.39. The van der Waals surface area contributed by atoms with Gasteiger partial charge >= 0.3 is 6.03 Å². The first-order valence-electron chi connectivity index (χ1n) is 11.3. The topological polar surface area (TPSA) is 55.9 Å². The molecule has 6 heteroatoms. The monoisotopic (exact) mass is 420 g/mol. The molecule has 0 saturated carbocycles. The van der Waals surface area contributed by atoms with Crippen LogP contribution < -0.4 is 5.32 Å². The summed E-state index contributed by atoms with van der Waals surface area (Å²) in [4.78, 5) is 30.9. The summed E-state index contributed by atoms with van der Waals surface area (Å²) in [5.41, 5.74) is 3.50. The van der Waals surface area contributed by atoms with Crippen LogP contribution in [0, 0.1) is 0 Å². The Labute approximate surface area is 184 Å². The molecule has 6 nitrogen and oxygen atoms in total. The molecule has 2 fully saturated rings. The van der Waals surface area contributed by atoms with E-state index >= 15 is 0 Å². The quantitative estimate of drug-likeness (QED) is 0.781. The first kappa shape index (κ1) is 21.4. The van der Waals surface area contributed by atoms with Crippen LogP contribution in [0.3, 0.4) is 0 Å². The van der Waals surface area contributed by atoms with Crippen LogP contribution in [0.1, 0.15) is 36.0 Å². The molecule has 0 aliphatic carbocycles. The van der Waals surface area contributed by atoms with Crippen LogP contribution in [-0.4, -0.2) is 59.4 Å². The Bertz CT molecular complexity index is 886. The fourth-order valence-electron chi connectivity index (χ4n) is 4.39. The number of likely N-dealkylation sites (tertiary alicyclic amines) is 1. The van der Waals surface area contributed by atoms with Crippen LogP contribution in [0.2, 0.25) is 0 Å². The fraction of sp³-hybridized carbons (Fsp3) is 0.440. The van der Waals surface area contributed by atoms with Gasteiger partial charge in [0, 0.05) is 58.8 Å². The van der Waals surface area contributed by atoms with Crippen molar-refractivity contribution in [2.24, 2.45) is 0 Å². The van der Waals surface area contributed by atoms with Crippen molar-refractivity contribution in [1.82, 2.24) is 20.0 Å². The van der Waals surface area contributed by atoms with Gasteiger partial charge in [0.25, 0.3) is 0 Å². The summed E-state index contributed by atoms with van der Waals surface area (Å²) in [5, 5.41) is 3.08. The number of carbonyl (C=O) groups is 2. The molecule has 0 radical (unpaired) electrons. The molecule has 0 aromatic heterocycles. The minimum atomic E-state index is 0.00156. The molecule has 2 aliphatic rings. The van der Waals surface area contributed by atoms with Gasteiger partial charge in [-0.1, -0.05) is 54.6 Å². The lowest BCUT2D eigenvalue weighted by Crippen LogP contribution is -2.41. The molecule has 0 spiro atoms. The number of amides is 3. The molecule has 2 aromatic carbocycles. The van der Waals surface area contributed by atoms with E-state index in [1.807, 2.05) is 34.1 Å². The largest absolute Gasteiger partial charge is 0.338 e. The van der Waals surface area contributed by atoms with Crippen LogP contribution in [0.4, 0.5) is 4.79 Å². The Morgan fingerprint density at radius 1 is 0.806 bits per heavy atom. The van der Waals surface area contributed by atoms with Crippen molar-refractivity contribution in [2.45, 2.75) is 38.9 Å². The number of nitrogens with zero attached hydrogens (tertiary/aromatic N) is 3. The first-order chi connectivity index (χ1) is 15.2. The van der Waals surface area contributed by atoms with Crippen molar-refractivity contribution in [1.29, 1.82) is 0 Å². The highest BCUT2D eigenvalue weighted by atomic mass is 16.2. The zero-order valence-electron chi connectivity index (χ0n) is 18.1. The van der Waals surface area contributed by atoms with Crippen molar-refractivity contribution in [3.8, 4) is 0 Å². The van der Waals surface area contributed by atoms with Gasteiger partial charge in [-0.3, -0.25) is 9.69 Å². The van der Waals surface area contributed by atoms with E-state index < -0.39 is 0 Å². The lowest BCUT2D eigenvalue weighted by Gasteiger charge is -2.22. The maximum atomic E-state index is 12.7.